The van der Waals surface area contributed by atoms with E-state index in [9.17, 15) is 9.59 Å². The molecule has 0 saturated heterocycles. The molecule has 5 aromatic heterocycles. The van der Waals surface area contributed by atoms with Crippen molar-refractivity contribution < 1.29 is 4.79 Å². The molecule has 0 spiro atoms. The van der Waals surface area contributed by atoms with Crippen LogP contribution in [0.4, 0.5) is 0 Å². The highest BCUT2D eigenvalue weighted by Gasteiger charge is 2.19. The number of nitrogens with one attached hydrogen (secondary N) is 1. The number of rotatable bonds is 6. The number of hydrogen-bond acceptors (Lipinski definition) is 5. The van der Waals surface area contributed by atoms with Gasteiger partial charge >= 0.3 is 0 Å². The van der Waals surface area contributed by atoms with Crippen LogP contribution in [0, 0.1) is 0 Å². The summed E-state index contributed by atoms with van der Waals surface area (Å²) in [5.41, 5.74) is 3.28. The van der Waals surface area contributed by atoms with Gasteiger partial charge in [-0.15, -0.1) is 11.3 Å². The summed E-state index contributed by atoms with van der Waals surface area (Å²) in [6, 6.07) is 13.1. The normalized spacial score (nSPS) is 11.3. The number of pyridine rings is 2. The average molecular weight is 444 g/mol. The molecular weight excluding hydrogens is 422 g/mol. The number of aryl methyl sites for hydroxylation is 1. The second kappa shape index (κ2) is 8.39. The number of thiophene rings is 1. The van der Waals surface area contributed by atoms with E-state index < -0.39 is 0 Å². The van der Waals surface area contributed by atoms with E-state index in [2.05, 4.69) is 15.3 Å². The second-order valence-electron chi connectivity index (χ2n) is 7.51. The van der Waals surface area contributed by atoms with E-state index in [1.54, 1.807) is 41.9 Å². The number of hydrogen-bond donors (Lipinski definition) is 1. The zero-order chi connectivity index (χ0) is 22.1. The zero-order valence-electron chi connectivity index (χ0n) is 17.5. The highest BCUT2D eigenvalue weighted by atomic mass is 32.1. The minimum absolute atomic E-state index is 0.178. The predicted molar refractivity (Wildman–Crippen MR) is 126 cm³/mol. The molecule has 1 N–H and O–H groups in total. The number of fused-ring (bicyclic) bond motifs is 2. The Morgan fingerprint density at radius 3 is 2.88 bits per heavy atom. The number of carbonyl (C=O) groups is 1. The molecule has 0 radical (unpaired) electrons. The number of aromatic nitrogens is 4. The van der Waals surface area contributed by atoms with Crippen molar-refractivity contribution in [3.8, 4) is 10.4 Å². The van der Waals surface area contributed by atoms with Crippen LogP contribution in [0.15, 0.2) is 71.2 Å². The average Bonchev–Trinajstić information content (AvgIpc) is 3.48. The van der Waals surface area contributed by atoms with Crippen molar-refractivity contribution in [1.82, 2.24) is 24.3 Å². The van der Waals surface area contributed by atoms with Gasteiger partial charge in [0.15, 0.2) is 0 Å². The lowest BCUT2D eigenvalue weighted by Crippen LogP contribution is -2.25. The van der Waals surface area contributed by atoms with E-state index in [4.69, 9.17) is 0 Å². The van der Waals surface area contributed by atoms with Crippen LogP contribution in [0.2, 0.25) is 0 Å². The van der Waals surface area contributed by atoms with Crippen molar-refractivity contribution in [2.75, 3.05) is 0 Å². The van der Waals surface area contributed by atoms with E-state index in [1.165, 1.54) is 4.40 Å². The zero-order valence-corrected chi connectivity index (χ0v) is 18.3. The summed E-state index contributed by atoms with van der Waals surface area (Å²) < 4.78 is 3.33. The Labute approximate surface area is 188 Å². The number of carbonyl (C=O) groups excluding carboxylic acids is 1. The Hall–Kier alpha value is -3.78. The highest BCUT2D eigenvalue weighted by molar-refractivity contribution is 7.13. The molecule has 5 rings (SSSR count). The topological polar surface area (TPSA) is 81.3 Å². The molecule has 1 amide bonds. The molecule has 5 heterocycles. The molecule has 0 aliphatic carbocycles. The van der Waals surface area contributed by atoms with Crippen LogP contribution >= 0.6 is 11.3 Å². The maximum Gasteiger partial charge on any atom is 0.268 e. The van der Waals surface area contributed by atoms with Crippen LogP contribution in [-0.2, 0) is 13.1 Å². The van der Waals surface area contributed by atoms with Crippen LogP contribution in [0.3, 0.4) is 0 Å². The summed E-state index contributed by atoms with van der Waals surface area (Å²) in [6.07, 6.45) is 6.07. The molecule has 0 aliphatic rings. The minimum atomic E-state index is -0.244. The van der Waals surface area contributed by atoms with Crippen molar-refractivity contribution in [3.05, 3.63) is 88.0 Å². The largest absolute Gasteiger partial charge is 0.347 e. The quantitative estimate of drug-likeness (QED) is 0.428. The van der Waals surface area contributed by atoms with Gasteiger partial charge in [-0.05, 0) is 47.7 Å². The lowest BCUT2D eigenvalue weighted by atomic mass is 10.2. The van der Waals surface area contributed by atoms with Gasteiger partial charge in [0.1, 0.15) is 17.0 Å². The first kappa shape index (κ1) is 20.1. The maximum absolute atomic E-state index is 13.1. The Kier molecular flexibility index (Phi) is 5.28. The number of amides is 1. The fraction of sp³-hybridized carbons (Fsp3) is 0.167. The van der Waals surface area contributed by atoms with Crippen LogP contribution in [0.1, 0.15) is 29.4 Å². The Morgan fingerprint density at radius 1 is 1.16 bits per heavy atom. The molecule has 32 heavy (non-hydrogen) atoms. The molecule has 0 aromatic carbocycles. The lowest BCUT2D eigenvalue weighted by Gasteiger charge is -2.10. The second-order valence-corrected chi connectivity index (χ2v) is 8.45. The lowest BCUT2D eigenvalue weighted by molar-refractivity contribution is 0.0942. The first-order valence-electron chi connectivity index (χ1n) is 10.4. The molecule has 0 aliphatic heterocycles. The van der Waals surface area contributed by atoms with Gasteiger partial charge in [-0.1, -0.05) is 19.1 Å². The van der Waals surface area contributed by atoms with Gasteiger partial charge in [-0.25, -0.2) is 4.98 Å². The maximum atomic E-state index is 13.1. The van der Waals surface area contributed by atoms with E-state index >= 15 is 0 Å². The summed E-state index contributed by atoms with van der Waals surface area (Å²) in [6.45, 7) is 2.97. The van der Waals surface area contributed by atoms with Crippen LogP contribution in [-0.4, -0.2) is 24.8 Å². The smallest absolute Gasteiger partial charge is 0.268 e. The van der Waals surface area contributed by atoms with Crippen LogP contribution in [0.5, 0.6) is 0 Å². The Bertz CT molecular complexity index is 1480. The van der Waals surface area contributed by atoms with Crippen molar-refractivity contribution >= 4 is 33.9 Å². The summed E-state index contributed by atoms with van der Waals surface area (Å²) in [5, 5.41) is 5.44. The summed E-state index contributed by atoms with van der Waals surface area (Å²) in [5.74, 6) is -0.244. The predicted octanol–water partition coefficient (Wildman–Crippen LogP) is 4.11. The molecule has 0 saturated carbocycles. The van der Waals surface area contributed by atoms with Crippen molar-refractivity contribution in [2.45, 2.75) is 26.4 Å². The highest BCUT2D eigenvalue weighted by Crippen LogP contribution is 2.24. The molecule has 5 aromatic rings. The van der Waals surface area contributed by atoms with Gasteiger partial charge in [0.25, 0.3) is 11.5 Å². The monoisotopic (exact) mass is 443 g/mol. The van der Waals surface area contributed by atoms with Crippen LogP contribution < -0.4 is 10.9 Å². The summed E-state index contributed by atoms with van der Waals surface area (Å²) in [4.78, 5) is 36.2. The third-order valence-corrected chi connectivity index (χ3v) is 6.23. The molecule has 0 bridgehead atoms. The number of nitrogens with zero attached hydrogens (tertiary/aromatic N) is 4. The van der Waals surface area contributed by atoms with Gasteiger partial charge in [0.05, 0.1) is 5.39 Å². The summed E-state index contributed by atoms with van der Waals surface area (Å²) >= 11 is 1.65. The van der Waals surface area contributed by atoms with E-state index in [-0.39, 0.29) is 11.5 Å². The van der Waals surface area contributed by atoms with Crippen molar-refractivity contribution in [3.63, 3.8) is 0 Å². The summed E-state index contributed by atoms with van der Waals surface area (Å²) in [7, 11) is 0. The van der Waals surface area contributed by atoms with Gasteiger partial charge in [-0.3, -0.25) is 19.0 Å². The molecule has 7 nitrogen and oxygen atoms in total. The first-order valence-corrected chi connectivity index (χ1v) is 11.3. The molecule has 8 heteroatoms. The van der Waals surface area contributed by atoms with Gasteiger partial charge in [-0.2, -0.15) is 0 Å². The van der Waals surface area contributed by atoms with Gasteiger partial charge < -0.3 is 9.88 Å². The molecule has 160 valence electrons. The molecule has 0 unspecified atom stereocenters. The first-order chi connectivity index (χ1) is 15.7. The third kappa shape index (κ3) is 3.58. The SMILES string of the molecule is CCCn1c(C(=O)NCc2cncc(-c3cccs3)c2)cc2c(=O)n3ccccc3nc21. The van der Waals surface area contributed by atoms with E-state index in [0.717, 1.165) is 22.4 Å². The molecular formula is C24H21N5O2S. The van der Waals surface area contributed by atoms with Crippen molar-refractivity contribution in [1.29, 1.82) is 0 Å². The van der Waals surface area contributed by atoms with E-state index in [0.29, 0.717) is 35.5 Å². The molecule has 0 fully saturated rings. The Balaban J connectivity index is 1.47. The van der Waals surface area contributed by atoms with Gasteiger partial charge in [0.2, 0.25) is 0 Å². The minimum Gasteiger partial charge on any atom is -0.347 e. The third-order valence-electron chi connectivity index (χ3n) is 5.31. The van der Waals surface area contributed by atoms with Crippen LogP contribution in [0.25, 0.3) is 27.1 Å². The molecule has 0 atom stereocenters. The van der Waals surface area contributed by atoms with Crippen molar-refractivity contribution in [2.24, 2.45) is 0 Å². The fourth-order valence-corrected chi connectivity index (χ4v) is 4.53. The van der Waals surface area contributed by atoms with Gasteiger partial charge in [0, 0.05) is 42.1 Å². The Morgan fingerprint density at radius 2 is 2.06 bits per heavy atom. The standard InChI is InChI=1S/C24H21N5O2S/c1-2-8-28-19(12-18-22(28)27-21-7-3-4-9-29(21)24(18)31)23(30)26-14-16-11-17(15-25-13-16)20-6-5-10-32-20/h3-7,9-13,15H,2,8,14H2,1H3,(H,26,30). The van der Waals surface area contributed by atoms with E-state index in [1.807, 2.05) is 47.3 Å². The fourth-order valence-electron chi connectivity index (χ4n) is 3.82.